The first-order valence-electron chi connectivity index (χ1n) is 6.60. The Hall–Kier alpha value is -1.88. The molecule has 2 rings (SSSR count). The summed E-state index contributed by atoms with van der Waals surface area (Å²) in [7, 11) is 3.37. The summed E-state index contributed by atoms with van der Waals surface area (Å²) < 4.78 is 5.93. The average molecular weight is 349 g/mol. The number of nitrogens with zero attached hydrogens (tertiary/aromatic N) is 2. The van der Waals surface area contributed by atoms with Crippen LogP contribution in [0.2, 0.25) is 0 Å². The molecule has 21 heavy (non-hydrogen) atoms. The van der Waals surface area contributed by atoms with E-state index < -0.39 is 0 Å². The van der Waals surface area contributed by atoms with Crippen molar-refractivity contribution < 1.29 is 9.53 Å². The van der Waals surface area contributed by atoms with Crippen molar-refractivity contribution in [2.75, 3.05) is 20.7 Å². The normalized spacial score (nSPS) is 10.2. The number of ether oxygens (including phenoxy) is 1. The molecule has 0 radical (unpaired) electrons. The maximum atomic E-state index is 12.5. The van der Waals surface area contributed by atoms with E-state index in [4.69, 9.17) is 4.74 Å². The van der Waals surface area contributed by atoms with Gasteiger partial charge in [0.05, 0.1) is 12.7 Å². The molecule has 0 saturated heterocycles. The molecule has 110 valence electrons. The summed E-state index contributed by atoms with van der Waals surface area (Å²) in [4.78, 5) is 18.4. The molecule has 1 amide bonds. The Morgan fingerprint density at radius 2 is 2.14 bits per heavy atom. The maximum Gasteiger partial charge on any atom is 0.254 e. The highest BCUT2D eigenvalue weighted by molar-refractivity contribution is 9.10. The zero-order valence-electron chi connectivity index (χ0n) is 12.0. The Kier molecular flexibility index (Phi) is 5.33. The zero-order valence-corrected chi connectivity index (χ0v) is 13.6. The summed E-state index contributed by atoms with van der Waals surface area (Å²) in [5, 5.41) is 0. The first kappa shape index (κ1) is 15.5. The van der Waals surface area contributed by atoms with Gasteiger partial charge in [-0.2, -0.15) is 0 Å². The highest BCUT2D eigenvalue weighted by Gasteiger charge is 2.15. The van der Waals surface area contributed by atoms with Gasteiger partial charge >= 0.3 is 0 Å². The minimum absolute atomic E-state index is 0.0447. The predicted molar refractivity (Wildman–Crippen MR) is 85.6 cm³/mol. The molecule has 0 aliphatic rings. The van der Waals surface area contributed by atoms with Gasteiger partial charge in [0.2, 0.25) is 0 Å². The summed E-state index contributed by atoms with van der Waals surface area (Å²) in [5.41, 5.74) is 1.57. The van der Waals surface area contributed by atoms with Gasteiger partial charge in [-0.3, -0.25) is 9.78 Å². The van der Waals surface area contributed by atoms with Crippen LogP contribution in [0.1, 0.15) is 16.1 Å². The van der Waals surface area contributed by atoms with Gasteiger partial charge in [0.1, 0.15) is 5.75 Å². The van der Waals surface area contributed by atoms with Crippen molar-refractivity contribution in [1.82, 2.24) is 9.88 Å². The van der Waals surface area contributed by atoms with Crippen LogP contribution in [-0.4, -0.2) is 36.5 Å². The largest absolute Gasteiger partial charge is 0.497 e. The number of benzene rings is 1. The third-order valence-electron chi connectivity index (χ3n) is 3.18. The number of methoxy groups -OCH3 is 1. The van der Waals surface area contributed by atoms with E-state index in [2.05, 4.69) is 20.9 Å². The fraction of sp³-hybridized carbons (Fsp3) is 0.250. The Bertz CT molecular complexity index is 617. The predicted octanol–water partition coefficient (Wildman–Crippen LogP) is 3.17. The third kappa shape index (κ3) is 4.04. The molecular weight excluding hydrogens is 332 g/mol. The molecule has 0 unspecified atom stereocenters. The standard InChI is InChI=1S/C16H17BrN2O2/c1-19(10-8-12-5-3-4-9-18-12)16(20)14-11-13(21-2)6-7-15(14)17/h3-7,9,11H,8,10H2,1-2H3. The number of halogens is 1. The molecule has 0 N–H and O–H groups in total. The molecule has 0 saturated carbocycles. The van der Waals surface area contributed by atoms with E-state index in [-0.39, 0.29) is 5.91 Å². The smallest absolute Gasteiger partial charge is 0.254 e. The molecule has 0 aliphatic heterocycles. The van der Waals surface area contributed by atoms with Crippen LogP contribution >= 0.6 is 15.9 Å². The van der Waals surface area contributed by atoms with E-state index in [0.29, 0.717) is 17.9 Å². The summed E-state index contributed by atoms with van der Waals surface area (Å²) in [6.07, 6.45) is 2.49. The number of amides is 1. The van der Waals surface area contributed by atoms with Crippen LogP contribution in [0.4, 0.5) is 0 Å². The Labute approximate surface area is 132 Å². The third-order valence-corrected chi connectivity index (χ3v) is 3.87. The number of carbonyl (C=O) groups is 1. The second-order valence-corrected chi connectivity index (χ2v) is 5.50. The van der Waals surface area contributed by atoms with Gasteiger partial charge in [-0.1, -0.05) is 6.07 Å². The SMILES string of the molecule is COc1ccc(Br)c(C(=O)N(C)CCc2ccccn2)c1. The van der Waals surface area contributed by atoms with E-state index in [1.54, 1.807) is 31.3 Å². The summed E-state index contributed by atoms with van der Waals surface area (Å²) in [6, 6.07) is 11.2. The van der Waals surface area contributed by atoms with Crippen molar-refractivity contribution in [1.29, 1.82) is 0 Å². The highest BCUT2D eigenvalue weighted by atomic mass is 79.9. The molecule has 0 atom stereocenters. The average Bonchev–Trinajstić information content (AvgIpc) is 2.53. The lowest BCUT2D eigenvalue weighted by Crippen LogP contribution is -2.29. The van der Waals surface area contributed by atoms with Crippen molar-refractivity contribution in [3.05, 3.63) is 58.3 Å². The number of hydrogen-bond donors (Lipinski definition) is 0. The van der Waals surface area contributed by atoms with Crippen LogP contribution < -0.4 is 4.74 Å². The van der Waals surface area contributed by atoms with Gasteiger partial charge in [0, 0.05) is 36.4 Å². The van der Waals surface area contributed by atoms with Crippen molar-refractivity contribution in [2.45, 2.75) is 6.42 Å². The quantitative estimate of drug-likeness (QED) is 0.833. The highest BCUT2D eigenvalue weighted by Crippen LogP contribution is 2.23. The van der Waals surface area contributed by atoms with Crippen LogP contribution in [0.3, 0.4) is 0 Å². The lowest BCUT2D eigenvalue weighted by atomic mass is 10.2. The Balaban J connectivity index is 2.05. The topological polar surface area (TPSA) is 42.4 Å². The second-order valence-electron chi connectivity index (χ2n) is 4.64. The second kappa shape index (κ2) is 7.22. The van der Waals surface area contributed by atoms with Gasteiger partial charge in [-0.25, -0.2) is 0 Å². The van der Waals surface area contributed by atoms with Gasteiger partial charge in [0.25, 0.3) is 5.91 Å². The molecule has 1 aromatic heterocycles. The Morgan fingerprint density at radius 3 is 2.81 bits per heavy atom. The number of rotatable bonds is 5. The molecule has 1 aromatic carbocycles. The van der Waals surface area contributed by atoms with Crippen LogP contribution in [-0.2, 0) is 6.42 Å². The van der Waals surface area contributed by atoms with E-state index >= 15 is 0 Å². The minimum Gasteiger partial charge on any atom is -0.497 e. The van der Waals surface area contributed by atoms with Crippen molar-refractivity contribution >= 4 is 21.8 Å². The van der Waals surface area contributed by atoms with E-state index in [9.17, 15) is 4.79 Å². The summed E-state index contributed by atoms with van der Waals surface area (Å²) in [5.74, 6) is 0.622. The molecule has 4 nitrogen and oxygen atoms in total. The maximum absolute atomic E-state index is 12.5. The molecule has 5 heteroatoms. The van der Waals surface area contributed by atoms with E-state index in [0.717, 1.165) is 16.6 Å². The number of likely N-dealkylation sites (N-methyl/N-ethyl adjacent to an activating group) is 1. The fourth-order valence-corrected chi connectivity index (χ4v) is 2.35. The van der Waals surface area contributed by atoms with Crippen LogP contribution in [0.25, 0.3) is 0 Å². The molecule has 1 heterocycles. The van der Waals surface area contributed by atoms with Gasteiger partial charge < -0.3 is 9.64 Å². The van der Waals surface area contributed by atoms with Crippen LogP contribution in [0.15, 0.2) is 47.1 Å². The molecule has 0 bridgehead atoms. The molecule has 0 fully saturated rings. The van der Waals surface area contributed by atoms with E-state index in [1.807, 2.05) is 30.3 Å². The van der Waals surface area contributed by atoms with Gasteiger partial charge in [-0.05, 0) is 46.3 Å². The molecule has 0 spiro atoms. The zero-order chi connectivity index (χ0) is 15.2. The molecule has 2 aromatic rings. The first-order valence-corrected chi connectivity index (χ1v) is 7.40. The van der Waals surface area contributed by atoms with Gasteiger partial charge in [0.15, 0.2) is 0 Å². The van der Waals surface area contributed by atoms with Crippen LogP contribution in [0, 0.1) is 0 Å². The lowest BCUT2D eigenvalue weighted by molar-refractivity contribution is 0.0795. The summed E-state index contributed by atoms with van der Waals surface area (Å²) in [6.45, 7) is 0.611. The fourth-order valence-electron chi connectivity index (χ4n) is 1.93. The van der Waals surface area contributed by atoms with Gasteiger partial charge in [-0.15, -0.1) is 0 Å². The van der Waals surface area contributed by atoms with E-state index in [1.165, 1.54) is 0 Å². The number of aromatic nitrogens is 1. The number of carbonyl (C=O) groups excluding carboxylic acids is 1. The van der Waals surface area contributed by atoms with Crippen molar-refractivity contribution in [2.24, 2.45) is 0 Å². The van der Waals surface area contributed by atoms with Crippen molar-refractivity contribution in [3.63, 3.8) is 0 Å². The van der Waals surface area contributed by atoms with Crippen molar-refractivity contribution in [3.8, 4) is 5.75 Å². The number of pyridine rings is 1. The molecule has 0 aliphatic carbocycles. The van der Waals surface area contributed by atoms with Crippen LogP contribution in [0.5, 0.6) is 5.75 Å². The Morgan fingerprint density at radius 1 is 1.33 bits per heavy atom. The first-order chi connectivity index (χ1) is 10.1. The summed E-state index contributed by atoms with van der Waals surface area (Å²) >= 11 is 3.41. The molecular formula is C16H17BrN2O2. The number of hydrogen-bond acceptors (Lipinski definition) is 3. The lowest BCUT2D eigenvalue weighted by Gasteiger charge is -2.18. The monoisotopic (exact) mass is 348 g/mol. The minimum atomic E-state index is -0.0447.